The van der Waals surface area contributed by atoms with E-state index in [9.17, 15) is 4.79 Å². The zero-order valence-electron chi connectivity index (χ0n) is 15.5. The number of rotatable bonds is 6. The maximum atomic E-state index is 13.0. The minimum atomic E-state index is -0.132. The monoisotopic (exact) mass is 403 g/mol. The fourth-order valence-corrected chi connectivity index (χ4v) is 3.26. The third-order valence-electron chi connectivity index (χ3n) is 4.44. The van der Waals surface area contributed by atoms with Crippen LogP contribution in [0.4, 0.5) is 0 Å². The standard InChI is InChI=1S/C22H18ClN5O/c23-22-19(28-13-2-1-5-20(28)26-22)6-7-21(29)27(15-17-8-11-24-12-9-17)16-18-4-3-10-25-14-18/h1-14H,15-16H2. The average molecular weight is 404 g/mol. The molecule has 4 heterocycles. The molecule has 6 nitrogen and oxygen atoms in total. The first-order chi connectivity index (χ1) is 14.2. The van der Waals surface area contributed by atoms with Crippen molar-refractivity contribution in [3.05, 3.63) is 101 Å². The first kappa shape index (κ1) is 18.8. The van der Waals surface area contributed by atoms with E-state index >= 15 is 0 Å². The first-order valence-electron chi connectivity index (χ1n) is 9.08. The lowest BCUT2D eigenvalue weighted by Crippen LogP contribution is -2.28. The molecule has 0 aliphatic carbocycles. The van der Waals surface area contributed by atoms with Crippen LogP contribution in [0.1, 0.15) is 16.8 Å². The van der Waals surface area contributed by atoms with E-state index in [0.29, 0.717) is 23.9 Å². The van der Waals surface area contributed by atoms with Crippen LogP contribution in [-0.4, -0.2) is 30.2 Å². The van der Waals surface area contributed by atoms with Crippen molar-refractivity contribution >= 4 is 29.2 Å². The smallest absolute Gasteiger partial charge is 0.247 e. The van der Waals surface area contributed by atoms with E-state index < -0.39 is 0 Å². The summed E-state index contributed by atoms with van der Waals surface area (Å²) in [5, 5.41) is 0.355. The second kappa shape index (κ2) is 8.67. The summed E-state index contributed by atoms with van der Waals surface area (Å²) >= 11 is 6.27. The van der Waals surface area contributed by atoms with E-state index in [0.717, 1.165) is 16.8 Å². The number of aromatic nitrogens is 4. The van der Waals surface area contributed by atoms with E-state index in [-0.39, 0.29) is 5.91 Å². The zero-order valence-corrected chi connectivity index (χ0v) is 16.3. The Kier molecular flexibility index (Phi) is 5.63. The van der Waals surface area contributed by atoms with Crippen LogP contribution in [0.5, 0.6) is 0 Å². The molecule has 0 saturated heterocycles. The van der Waals surface area contributed by atoms with Crippen LogP contribution >= 0.6 is 11.6 Å². The Hall–Kier alpha value is -3.51. The molecule has 0 aliphatic heterocycles. The van der Waals surface area contributed by atoms with E-state index in [1.54, 1.807) is 35.8 Å². The molecule has 0 atom stereocenters. The Balaban J connectivity index is 1.60. The Labute approximate surface area is 173 Å². The molecule has 4 rings (SSSR count). The second-order valence-electron chi connectivity index (χ2n) is 6.46. The molecule has 144 valence electrons. The molecule has 0 fully saturated rings. The van der Waals surface area contributed by atoms with Crippen LogP contribution in [0.25, 0.3) is 11.7 Å². The Morgan fingerprint density at radius 2 is 1.83 bits per heavy atom. The highest BCUT2D eigenvalue weighted by atomic mass is 35.5. The third-order valence-corrected chi connectivity index (χ3v) is 4.71. The maximum Gasteiger partial charge on any atom is 0.247 e. The van der Waals surface area contributed by atoms with Crippen molar-refractivity contribution in [3.63, 3.8) is 0 Å². The lowest BCUT2D eigenvalue weighted by molar-refractivity contribution is -0.127. The van der Waals surface area contributed by atoms with E-state index in [4.69, 9.17) is 11.6 Å². The summed E-state index contributed by atoms with van der Waals surface area (Å²) < 4.78 is 1.85. The number of carbonyl (C=O) groups excluding carboxylic acids is 1. The summed E-state index contributed by atoms with van der Waals surface area (Å²) in [6, 6.07) is 13.2. The van der Waals surface area contributed by atoms with Gasteiger partial charge in [0.1, 0.15) is 5.65 Å². The molecular weight excluding hydrogens is 386 g/mol. The summed E-state index contributed by atoms with van der Waals surface area (Å²) in [4.78, 5) is 27.3. The van der Waals surface area contributed by atoms with Crippen molar-refractivity contribution in [3.8, 4) is 0 Å². The number of halogens is 1. The van der Waals surface area contributed by atoms with Gasteiger partial charge in [-0.15, -0.1) is 0 Å². The van der Waals surface area contributed by atoms with Crippen LogP contribution in [0.15, 0.2) is 79.5 Å². The van der Waals surface area contributed by atoms with Crippen molar-refractivity contribution in [1.82, 2.24) is 24.3 Å². The summed E-state index contributed by atoms with van der Waals surface area (Å²) in [6.45, 7) is 0.904. The van der Waals surface area contributed by atoms with Crippen LogP contribution < -0.4 is 0 Å². The number of pyridine rings is 3. The Morgan fingerprint density at radius 3 is 2.62 bits per heavy atom. The molecule has 4 aromatic heterocycles. The van der Waals surface area contributed by atoms with Crippen molar-refractivity contribution in [2.24, 2.45) is 0 Å². The molecule has 4 aromatic rings. The van der Waals surface area contributed by atoms with Crippen molar-refractivity contribution in [1.29, 1.82) is 0 Å². The second-order valence-corrected chi connectivity index (χ2v) is 6.82. The van der Waals surface area contributed by atoms with Gasteiger partial charge in [-0.25, -0.2) is 4.98 Å². The van der Waals surface area contributed by atoms with Crippen LogP contribution in [0.2, 0.25) is 5.15 Å². The molecule has 29 heavy (non-hydrogen) atoms. The van der Waals surface area contributed by atoms with Crippen molar-refractivity contribution in [2.45, 2.75) is 13.1 Å². The average Bonchev–Trinajstić information content (AvgIpc) is 3.08. The van der Waals surface area contributed by atoms with Gasteiger partial charge in [-0.05, 0) is 47.5 Å². The quantitative estimate of drug-likeness (QED) is 0.456. The number of hydrogen-bond donors (Lipinski definition) is 0. The molecule has 0 aliphatic rings. The molecule has 0 spiro atoms. The summed E-state index contributed by atoms with van der Waals surface area (Å²) in [5.41, 5.74) is 3.35. The number of nitrogens with zero attached hydrogens (tertiary/aromatic N) is 5. The van der Waals surface area contributed by atoms with E-state index in [1.165, 1.54) is 6.08 Å². The van der Waals surface area contributed by atoms with Gasteiger partial charge in [0.2, 0.25) is 5.91 Å². The van der Waals surface area contributed by atoms with Crippen molar-refractivity contribution in [2.75, 3.05) is 0 Å². The number of hydrogen-bond acceptors (Lipinski definition) is 4. The fourth-order valence-electron chi connectivity index (χ4n) is 3.02. The predicted octanol–water partition coefficient (Wildman–Crippen LogP) is 4.02. The maximum absolute atomic E-state index is 13.0. The van der Waals surface area contributed by atoms with Gasteiger partial charge in [-0.3, -0.25) is 19.2 Å². The Morgan fingerprint density at radius 1 is 1.00 bits per heavy atom. The minimum absolute atomic E-state index is 0.132. The number of amides is 1. The molecule has 0 N–H and O–H groups in total. The molecule has 0 saturated carbocycles. The summed E-state index contributed by atoms with van der Waals surface area (Å²) in [5.74, 6) is -0.132. The lowest BCUT2D eigenvalue weighted by atomic mass is 10.2. The van der Waals surface area contributed by atoms with Gasteiger partial charge < -0.3 is 4.90 Å². The molecule has 0 aromatic carbocycles. The van der Waals surface area contributed by atoms with E-state index in [2.05, 4.69) is 15.0 Å². The van der Waals surface area contributed by atoms with Crippen LogP contribution in [0, 0.1) is 0 Å². The van der Waals surface area contributed by atoms with Crippen LogP contribution in [0.3, 0.4) is 0 Å². The molecule has 0 unspecified atom stereocenters. The highest BCUT2D eigenvalue weighted by molar-refractivity contribution is 6.31. The molecule has 1 amide bonds. The molecular formula is C22H18ClN5O. The molecule has 0 radical (unpaired) electrons. The van der Waals surface area contributed by atoms with Gasteiger partial charge in [-0.1, -0.05) is 23.7 Å². The van der Waals surface area contributed by atoms with Gasteiger partial charge in [0.25, 0.3) is 0 Å². The van der Waals surface area contributed by atoms with Crippen molar-refractivity contribution < 1.29 is 4.79 Å². The minimum Gasteiger partial charge on any atom is -0.330 e. The topological polar surface area (TPSA) is 63.4 Å². The SMILES string of the molecule is O=C(C=Cc1c(Cl)nc2ccccn12)N(Cc1ccncc1)Cc1cccnc1. The van der Waals surface area contributed by atoms with Gasteiger partial charge in [-0.2, -0.15) is 0 Å². The zero-order chi connectivity index (χ0) is 20.1. The van der Waals surface area contributed by atoms with Gasteiger partial charge in [0.05, 0.1) is 5.69 Å². The van der Waals surface area contributed by atoms with E-state index in [1.807, 2.05) is 53.1 Å². The third kappa shape index (κ3) is 4.50. The lowest BCUT2D eigenvalue weighted by Gasteiger charge is -2.21. The Bertz CT molecular complexity index is 1100. The number of imidazole rings is 1. The van der Waals surface area contributed by atoms with Gasteiger partial charge in [0, 0.05) is 50.1 Å². The van der Waals surface area contributed by atoms with Crippen LogP contribution in [-0.2, 0) is 17.9 Å². The summed E-state index contributed by atoms with van der Waals surface area (Å²) in [6.07, 6.45) is 12.0. The first-order valence-corrected chi connectivity index (χ1v) is 9.46. The molecule has 7 heteroatoms. The van der Waals surface area contributed by atoms with Gasteiger partial charge in [0.15, 0.2) is 5.15 Å². The number of fused-ring (bicyclic) bond motifs is 1. The molecule has 0 bridgehead atoms. The highest BCUT2D eigenvalue weighted by Gasteiger charge is 2.14. The fraction of sp³-hybridized carbons (Fsp3) is 0.0909. The summed E-state index contributed by atoms with van der Waals surface area (Å²) in [7, 11) is 0. The highest BCUT2D eigenvalue weighted by Crippen LogP contribution is 2.19. The van der Waals surface area contributed by atoms with Gasteiger partial charge >= 0.3 is 0 Å². The number of carbonyl (C=O) groups is 1. The predicted molar refractivity (Wildman–Crippen MR) is 112 cm³/mol. The largest absolute Gasteiger partial charge is 0.330 e. The normalized spacial score (nSPS) is 11.2.